The summed E-state index contributed by atoms with van der Waals surface area (Å²) in [6.45, 7) is 5.22. The van der Waals surface area contributed by atoms with Gasteiger partial charge in [0.15, 0.2) is 5.69 Å². The largest absolute Gasteiger partial charge is 0.351 e. The van der Waals surface area contributed by atoms with Crippen LogP contribution in [0, 0.1) is 13.8 Å². The summed E-state index contributed by atoms with van der Waals surface area (Å²) >= 11 is 0. The Balaban J connectivity index is 1.52. The van der Waals surface area contributed by atoms with Gasteiger partial charge in [0.05, 0.1) is 5.69 Å². The first-order chi connectivity index (χ1) is 13.4. The molecule has 3 aromatic rings. The van der Waals surface area contributed by atoms with Crippen molar-refractivity contribution in [3.63, 3.8) is 0 Å². The molecule has 0 spiro atoms. The second-order valence-electron chi connectivity index (χ2n) is 6.62. The van der Waals surface area contributed by atoms with E-state index in [4.69, 9.17) is 0 Å². The van der Waals surface area contributed by atoms with Gasteiger partial charge >= 0.3 is 0 Å². The van der Waals surface area contributed by atoms with Gasteiger partial charge in [-0.1, -0.05) is 18.2 Å². The number of hydrogen-bond donors (Lipinski definition) is 2. The fourth-order valence-electron chi connectivity index (χ4n) is 2.90. The first-order valence-corrected chi connectivity index (χ1v) is 9.14. The SMILES string of the molecule is Cc1cc(C)n(CCCNC(=O)c2cc(NC(=O)c3ccccc3)n(C)n2)n1. The fraction of sp³-hybridized carbons (Fsp3) is 0.300. The zero-order valence-corrected chi connectivity index (χ0v) is 16.3. The molecule has 0 aliphatic heterocycles. The number of aryl methyl sites for hydroxylation is 4. The summed E-state index contributed by atoms with van der Waals surface area (Å²) in [6, 6.07) is 12.5. The minimum absolute atomic E-state index is 0.250. The van der Waals surface area contributed by atoms with Crippen LogP contribution in [0.5, 0.6) is 0 Å². The van der Waals surface area contributed by atoms with Crippen LogP contribution in [-0.4, -0.2) is 37.9 Å². The van der Waals surface area contributed by atoms with Crippen LogP contribution in [0.15, 0.2) is 42.5 Å². The van der Waals surface area contributed by atoms with Gasteiger partial charge in [-0.15, -0.1) is 0 Å². The maximum atomic E-state index is 12.3. The van der Waals surface area contributed by atoms with Crippen molar-refractivity contribution in [2.24, 2.45) is 7.05 Å². The topological polar surface area (TPSA) is 93.8 Å². The molecule has 8 nitrogen and oxygen atoms in total. The monoisotopic (exact) mass is 380 g/mol. The third-order valence-corrected chi connectivity index (χ3v) is 4.33. The Morgan fingerprint density at radius 1 is 1.04 bits per heavy atom. The number of anilines is 1. The Labute approximate surface area is 163 Å². The van der Waals surface area contributed by atoms with Crippen LogP contribution >= 0.6 is 0 Å². The molecule has 2 amide bonds. The molecular formula is C20H24N6O2. The molecule has 0 bridgehead atoms. The number of carbonyl (C=O) groups excluding carboxylic acids is 2. The molecule has 146 valence electrons. The molecule has 0 unspecified atom stereocenters. The number of hydrogen-bond acceptors (Lipinski definition) is 4. The summed E-state index contributed by atoms with van der Waals surface area (Å²) < 4.78 is 3.41. The summed E-state index contributed by atoms with van der Waals surface area (Å²) in [7, 11) is 1.68. The van der Waals surface area contributed by atoms with Crippen molar-refractivity contribution >= 4 is 17.6 Å². The second kappa shape index (κ2) is 8.51. The van der Waals surface area contributed by atoms with Crippen molar-refractivity contribution in [2.45, 2.75) is 26.8 Å². The summed E-state index contributed by atoms with van der Waals surface area (Å²) in [6.07, 6.45) is 0.762. The van der Waals surface area contributed by atoms with Gasteiger partial charge < -0.3 is 10.6 Å². The van der Waals surface area contributed by atoms with Gasteiger partial charge in [-0.05, 0) is 38.5 Å². The smallest absolute Gasteiger partial charge is 0.271 e. The van der Waals surface area contributed by atoms with Crippen LogP contribution in [-0.2, 0) is 13.6 Å². The van der Waals surface area contributed by atoms with Crippen LogP contribution in [0.4, 0.5) is 5.82 Å². The Hall–Kier alpha value is -3.42. The number of aromatic nitrogens is 4. The van der Waals surface area contributed by atoms with E-state index in [1.54, 1.807) is 37.4 Å². The minimum Gasteiger partial charge on any atom is -0.351 e. The number of amides is 2. The lowest BCUT2D eigenvalue weighted by atomic mass is 10.2. The van der Waals surface area contributed by atoms with Gasteiger partial charge in [-0.25, -0.2) is 0 Å². The number of carbonyl (C=O) groups is 2. The Morgan fingerprint density at radius 3 is 2.46 bits per heavy atom. The molecular weight excluding hydrogens is 356 g/mol. The zero-order chi connectivity index (χ0) is 20.1. The third kappa shape index (κ3) is 4.64. The first-order valence-electron chi connectivity index (χ1n) is 9.14. The molecule has 28 heavy (non-hydrogen) atoms. The van der Waals surface area contributed by atoms with Crippen LogP contribution in [0.25, 0.3) is 0 Å². The van der Waals surface area contributed by atoms with Crippen molar-refractivity contribution in [3.05, 3.63) is 65.1 Å². The van der Waals surface area contributed by atoms with E-state index in [9.17, 15) is 9.59 Å². The highest BCUT2D eigenvalue weighted by Gasteiger charge is 2.15. The molecule has 8 heteroatoms. The van der Waals surface area contributed by atoms with E-state index >= 15 is 0 Å². The average Bonchev–Trinajstić information content (AvgIpc) is 3.20. The summed E-state index contributed by atoms with van der Waals surface area (Å²) in [5.41, 5.74) is 2.89. The highest BCUT2D eigenvalue weighted by Crippen LogP contribution is 2.11. The van der Waals surface area contributed by atoms with Crippen LogP contribution in [0.3, 0.4) is 0 Å². The standard InChI is InChI=1S/C20H24N6O2/c1-14-12-15(2)26(23-14)11-7-10-21-20(28)17-13-18(25(3)24-17)22-19(27)16-8-5-4-6-9-16/h4-6,8-9,12-13H,7,10-11H2,1-3H3,(H,21,28)(H,22,27). The lowest BCUT2D eigenvalue weighted by Gasteiger charge is -2.05. The van der Waals surface area contributed by atoms with Crippen molar-refractivity contribution in [1.82, 2.24) is 24.9 Å². The van der Waals surface area contributed by atoms with Gasteiger partial charge in [0, 0.05) is 37.5 Å². The van der Waals surface area contributed by atoms with Crippen molar-refractivity contribution < 1.29 is 9.59 Å². The van der Waals surface area contributed by atoms with Crippen molar-refractivity contribution in [2.75, 3.05) is 11.9 Å². The van der Waals surface area contributed by atoms with E-state index < -0.39 is 0 Å². The minimum atomic E-state index is -0.274. The first kappa shape index (κ1) is 19.3. The van der Waals surface area contributed by atoms with E-state index in [0.717, 1.165) is 24.4 Å². The van der Waals surface area contributed by atoms with Crippen LogP contribution < -0.4 is 10.6 Å². The van der Waals surface area contributed by atoms with Crippen LogP contribution in [0.1, 0.15) is 38.7 Å². The highest BCUT2D eigenvalue weighted by atomic mass is 16.2. The molecule has 2 aromatic heterocycles. The molecule has 0 saturated heterocycles. The summed E-state index contributed by atoms with van der Waals surface area (Å²) in [5, 5.41) is 14.2. The predicted octanol–water partition coefficient (Wildman–Crippen LogP) is 2.31. The summed E-state index contributed by atoms with van der Waals surface area (Å²) in [4.78, 5) is 24.6. The normalized spacial score (nSPS) is 10.7. The molecule has 0 aliphatic carbocycles. The van der Waals surface area contributed by atoms with E-state index in [1.165, 1.54) is 4.68 Å². The van der Waals surface area contributed by atoms with Crippen molar-refractivity contribution in [1.29, 1.82) is 0 Å². The van der Waals surface area contributed by atoms with Gasteiger partial charge in [-0.2, -0.15) is 10.2 Å². The molecule has 0 fully saturated rings. The Kier molecular flexibility index (Phi) is 5.88. The molecule has 1 aromatic carbocycles. The van der Waals surface area contributed by atoms with E-state index in [1.807, 2.05) is 30.7 Å². The molecule has 0 saturated carbocycles. The number of rotatable bonds is 7. The number of benzene rings is 1. The molecule has 0 aliphatic rings. The Morgan fingerprint density at radius 2 is 1.79 bits per heavy atom. The Bertz CT molecular complexity index is 974. The number of nitrogens with one attached hydrogen (secondary N) is 2. The maximum Gasteiger partial charge on any atom is 0.271 e. The maximum absolute atomic E-state index is 12.3. The van der Waals surface area contributed by atoms with Gasteiger partial charge in [-0.3, -0.25) is 19.0 Å². The van der Waals surface area contributed by atoms with E-state index in [2.05, 4.69) is 20.8 Å². The molecule has 0 radical (unpaired) electrons. The van der Waals surface area contributed by atoms with Gasteiger partial charge in [0.25, 0.3) is 11.8 Å². The average molecular weight is 380 g/mol. The second-order valence-corrected chi connectivity index (χ2v) is 6.62. The lowest BCUT2D eigenvalue weighted by Crippen LogP contribution is -2.26. The van der Waals surface area contributed by atoms with Gasteiger partial charge in [0.2, 0.25) is 0 Å². The quantitative estimate of drug-likeness (QED) is 0.615. The lowest BCUT2D eigenvalue weighted by molar-refractivity contribution is 0.0946. The third-order valence-electron chi connectivity index (χ3n) is 4.33. The molecule has 3 rings (SSSR count). The number of nitrogens with zero attached hydrogens (tertiary/aromatic N) is 4. The molecule has 2 N–H and O–H groups in total. The van der Waals surface area contributed by atoms with E-state index in [0.29, 0.717) is 17.9 Å². The molecule has 0 atom stereocenters. The van der Waals surface area contributed by atoms with Crippen LogP contribution in [0.2, 0.25) is 0 Å². The summed E-state index contributed by atoms with van der Waals surface area (Å²) in [5.74, 6) is -0.0636. The predicted molar refractivity (Wildman–Crippen MR) is 106 cm³/mol. The zero-order valence-electron chi connectivity index (χ0n) is 16.3. The fourth-order valence-corrected chi connectivity index (χ4v) is 2.90. The highest BCUT2D eigenvalue weighted by molar-refractivity contribution is 6.04. The van der Waals surface area contributed by atoms with Gasteiger partial charge in [0.1, 0.15) is 5.82 Å². The molecule has 2 heterocycles. The van der Waals surface area contributed by atoms with Crippen molar-refractivity contribution in [3.8, 4) is 0 Å². The van der Waals surface area contributed by atoms with E-state index in [-0.39, 0.29) is 17.5 Å².